The lowest BCUT2D eigenvalue weighted by Gasteiger charge is -2.18. The minimum atomic E-state index is -0.326. The Morgan fingerprint density at radius 1 is 1.22 bits per heavy atom. The molecule has 1 aromatic carbocycles. The Kier molecular flexibility index (Phi) is 4.01. The summed E-state index contributed by atoms with van der Waals surface area (Å²) in [5.41, 5.74) is 1.96. The van der Waals surface area contributed by atoms with E-state index in [1.54, 1.807) is 0 Å². The Hall–Kier alpha value is -1.36. The zero-order valence-corrected chi connectivity index (χ0v) is 10.7. The SMILES string of the molecule is Cc1c(C(C)NC(CO)CO)oc2ccccc12. The van der Waals surface area contributed by atoms with E-state index in [1.807, 2.05) is 38.1 Å². The molecule has 1 heterocycles. The molecular formula is C14H19NO3. The molecule has 0 saturated heterocycles. The Balaban J connectivity index is 2.27. The highest BCUT2D eigenvalue weighted by atomic mass is 16.3. The number of aliphatic hydroxyl groups excluding tert-OH is 2. The second kappa shape index (κ2) is 5.52. The fourth-order valence-electron chi connectivity index (χ4n) is 2.20. The van der Waals surface area contributed by atoms with E-state index in [9.17, 15) is 0 Å². The van der Waals surface area contributed by atoms with Crippen molar-refractivity contribution in [1.29, 1.82) is 0 Å². The van der Waals surface area contributed by atoms with Gasteiger partial charge in [0.2, 0.25) is 0 Å². The summed E-state index contributed by atoms with van der Waals surface area (Å²) in [5.74, 6) is 0.850. The van der Waals surface area contributed by atoms with E-state index in [4.69, 9.17) is 14.6 Å². The van der Waals surface area contributed by atoms with Crippen molar-refractivity contribution in [2.75, 3.05) is 13.2 Å². The Morgan fingerprint density at radius 2 is 1.89 bits per heavy atom. The molecule has 1 atom stereocenters. The van der Waals surface area contributed by atoms with Crippen LogP contribution in [0.5, 0.6) is 0 Å². The minimum absolute atomic E-state index is 0.0540. The number of aryl methyl sites for hydroxylation is 1. The summed E-state index contributed by atoms with van der Waals surface area (Å²) < 4.78 is 5.82. The van der Waals surface area contributed by atoms with Crippen molar-refractivity contribution in [2.45, 2.75) is 25.9 Å². The molecule has 0 radical (unpaired) electrons. The van der Waals surface area contributed by atoms with Crippen LogP contribution in [-0.2, 0) is 0 Å². The third kappa shape index (κ3) is 2.41. The predicted molar refractivity (Wildman–Crippen MR) is 70.5 cm³/mol. The molecule has 4 heteroatoms. The molecule has 2 rings (SSSR count). The van der Waals surface area contributed by atoms with E-state index in [0.717, 1.165) is 22.3 Å². The molecule has 0 spiro atoms. The summed E-state index contributed by atoms with van der Waals surface area (Å²) in [6, 6.07) is 7.51. The molecule has 0 saturated carbocycles. The van der Waals surface area contributed by atoms with Crippen LogP contribution in [-0.4, -0.2) is 29.5 Å². The largest absolute Gasteiger partial charge is 0.459 e. The van der Waals surface area contributed by atoms with Crippen molar-refractivity contribution < 1.29 is 14.6 Å². The highest BCUT2D eigenvalue weighted by Gasteiger charge is 2.18. The van der Waals surface area contributed by atoms with E-state index in [0.29, 0.717) is 0 Å². The molecule has 3 N–H and O–H groups in total. The third-order valence-corrected chi connectivity index (χ3v) is 3.20. The summed E-state index contributed by atoms with van der Waals surface area (Å²) >= 11 is 0. The van der Waals surface area contributed by atoms with Crippen molar-refractivity contribution in [3.63, 3.8) is 0 Å². The van der Waals surface area contributed by atoms with Crippen LogP contribution in [0.3, 0.4) is 0 Å². The van der Waals surface area contributed by atoms with Crippen molar-refractivity contribution >= 4 is 11.0 Å². The first-order valence-corrected chi connectivity index (χ1v) is 6.13. The van der Waals surface area contributed by atoms with Crippen LogP contribution in [0, 0.1) is 6.92 Å². The molecule has 0 fully saturated rings. The lowest BCUT2D eigenvalue weighted by atomic mass is 10.1. The third-order valence-electron chi connectivity index (χ3n) is 3.20. The topological polar surface area (TPSA) is 65.6 Å². The van der Waals surface area contributed by atoms with Gasteiger partial charge < -0.3 is 19.9 Å². The van der Waals surface area contributed by atoms with Crippen molar-refractivity contribution in [3.05, 3.63) is 35.6 Å². The number of furan rings is 1. The number of nitrogens with one attached hydrogen (secondary N) is 1. The van der Waals surface area contributed by atoms with Crippen LogP contribution in [0.25, 0.3) is 11.0 Å². The molecule has 0 aliphatic heterocycles. The van der Waals surface area contributed by atoms with Gasteiger partial charge >= 0.3 is 0 Å². The molecule has 2 aromatic rings. The van der Waals surface area contributed by atoms with Gasteiger partial charge in [0, 0.05) is 5.39 Å². The van der Waals surface area contributed by atoms with Gasteiger partial charge in [-0.2, -0.15) is 0 Å². The van der Waals surface area contributed by atoms with E-state index in [2.05, 4.69) is 5.32 Å². The van der Waals surface area contributed by atoms with E-state index < -0.39 is 0 Å². The maximum atomic E-state index is 9.08. The van der Waals surface area contributed by atoms with Gasteiger partial charge in [-0.05, 0) is 25.5 Å². The van der Waals surface area contributed by atoms with E-state index in [1.165, 1.54) is 0 Å². The van der Waals surface area contributed by atoms with Gasteiger partial charge in [0.25, 0.3) is 0 Å². The van der Waals surface area contributed by atoms with Crippen molar-refractivity contribution in [2.24, 2.45) is 0 Å². The lowest BCUT2D eigenvalue weighted by molar-refractivity contribution is 0.161. The summed E-state index contributed by atoms with van der Waals surface area (Å²) in [6.45, 7) is 3.79. The predicted octanol–water partition coefficient (Wildman–Crippen LogP) is 1.75. The maximum Gasteiger partial charge on any atom is 0.134 e. The van der Waals surface area contributed by atoms with Crippen LogP contribution in [0.4, 0.5) is 0 Å². The van der Waals surface area contributed by atoms with Crippen molar-refractivity contribution in [1.82, 2.24) is 5.32 Å². The van der Waals surface area contributed by atoms with Crippen molar-refractivity contribution in [3.8, 4) is 0 Å². The molecule has 18 heavy (non-hydrogen) atoms. The van der Waals surface area contributed by atoms with Crippen LogP contribution in [0.2, 0.25) is 0 Å². The highest BCUT2D eigenvalue weighted by molar-refractivity contribution is 5.82. The molecule has 0 amide bonds. The van der Waals surface area contributed by atoms with Crippen LogP contribution >= 0.6 is 0 Å². The molecule has 98 valence electrons. The number of hydrogen-bond acceptors (Lipinski definition) is 4. The number of rotatable bonds is 5. The molecule has 1 aromatic heterocycles. The smallest absolute Gasteiger partial charge is 0.134 e. The van der Waals surface area contributed by atoms with Crippen LogP contribution in [0.15, 0.2) is 28.7 Å². The van der Waals surface area contributed by atoms with Gasteiger partial charge in [0.05, 0.1) is 25.3 Å². The molecular weight excluding hydrogens is 230 g/mol. The van der Waals surface area contributed by atoms with Crippen LogP contribution in [0.1, 0.15) is 24.3 Å². The quantitative estimate of drug-likeness (QED) is 0.755. The first-order valence-electron chi connectivity index (χ1n) is 6.13. The maximum absolute atomic E-state index is 9.08. The Morgan fingerprint density at radius 3 is 2.50 bits per heavy atom. The van der Waals surface area contributed by atoms with Gasteiger partial charge in [-0.25, -0.2) is 0 Å². The summed E-state index contributed by atoms with van der Waals surface area (Å²) in [7, 11) is 0. The minimum Gasteiger partial charge on any atom is -0.459 e. The monoisotopic (exact) mass is 249 g/mol. The second-order valence-electron chi connectivity index (χ2n) is 4.54. The van der Waals surface area contributed by atoms with Gasteiger partial charge in [-0.3, -0.25) is 0 Å². The lowest BCUT2D eigenvalue weighted by Crippen LogP contribution is -2.37. The molecule has 4 nitrogen and oxygen atoms in total. The van der Waals surface area contributed by atoms with E-state index >= 15 is 0 Å². The van der Waals surface area contributed by atoms with E-state index in [-0.39, 0.29) is 25.3 Å². The fraction of sp³-hybridized carbons (Fsp3) is 0.429. The normalized spacial score (nSPS) is 13.4. The fourth-order valence-corrected chi connectivity index (χ4v) is 2.20. The van der Waals surface area contributed by atoms with Gasteiger partial charge in [-0.15, -0.1) is 0 Å². The average molecular weight is 249 g/mol. The number of fused-ring (bicyclic) bond motifs is 1. The Labute approximate surface area is 106 Å². The number of para-hydroxylation sites is 1. The summed E-state index contributed by atoms with van der Waals surface area (Å²) in [5, 5.41) is 22.4. The molecule has 1 unspecified atom stereocenters. The number of aliphatic hydroxyl groups is 2. The summed E-state index contributed by atoms with van der Waals surface area (Å²) in [4.78, 5) is 0. The molecule has 0 bridgehead atoms. The molecule has 0 aliphatic carbocycles. The second-order valence-corrected chi connectivity index (χ2v) is 4.54. The zero-order chi connectivity index (χ0) is 13.1. The molecule has 0 aliphatic rings. The van der Waals surface area contributed by atoms with Gasteiger partial charge in [0.1, 0.15) is 11.3 Å². The first kappa shape index (κ1) is 13.1. The highest BCUT2D eigenvalue weighted by Crippen LogP contribution is 2.29. The first-order chi connectivity index (χ1) is 8.67. The average Bonchev–Trinajstić information content (AvgIpc) is 2.74. The van der Waals surface area contributed by atoms with Gasteiger partial charge in [0.15, 0.2) is 0 Å². The standard InChI is InChI=1S/C14H19NO3/c1-9-12-5-3-4-6-13(12)18-14(9)10(2)15-11(7-16)8-17/h3-6,10-11,15-17H,7-8H2,1-2H3. The zero-order valence-electron chi connectivity index (χ0n) is 10.7. The van der Waals surface area contributed by atoms with Gasteiger partial charge in [-0.1, -0.05) is 18.2 Å². The number of hydrogen-bond donors (Lipinski definition) is 3. The Bertz CT molecular complexity index is 517. The summed E-state index contributed by atoms with van der Waals surface area (Å²) in [6.07, 6.45) is 0. The number of benzene rings is 1. The van der Waals surface area contributed by atoms with Crippen LogP contribution < -0.4 is 5.32 Å².